The Labute approximate surface area is 103 Å². The van der Waals surface area contributed by atoms with Gasteiger partial charge in [-0.05, 0) is 0 Å². The molecule has 0 amide bonds. The Bertz CT molecular complexity index is 98.9. The topological polar surface area (TPSA) is 138 Å². The van der Waals surface area contributed by atoms with Gasteiger partial charge in [-0.3, -0.25) is 9.11 Å². The second-order valence-corrected chi connectivity index (χ2v) is 1.34. The molecular formula is H7IO6Pd2S. The van der Waals surface area contributed by atoms with E-state index in [0.717, 1.165) is 0 Å². The summed E-state index contributed by atoms with van der Waals surface area (Å²) in [6, 6.07) is 0. The first-order chi connectivity index (χ1) is 2.00. The van der Waals surface area contributed by atoms with Crippen LogP contribution >= 0.6 is 24.0 Å². The predicted octanol–water partition coefficient (Wildman–Crippen LogP) is -1.69. The molecule has 0 aliphatic carbocycles. The number of hydrogen-bond acceptors (Lipinski definition) is 2. The Morgan fingerprint density at radius 3 is 0.900 bits per heavy atom. The Hall–Kier alpha value is 1.84. The zero-order chi connectivity index (χ0) is 4.50. The van der Waals surface area contributed by atoms with Crippen LogP contribution < -0.4 is 0 Å². The molecule has 0 saturated heterocycles. The van der Waals surface area contributed by atoms with Crippen LogP contribution in [-0.4, -0.2) is 28.5 Å². The van der Waals surface area contributed by atoms with Crippen LogP contribution in [0.3, 0.4) is 0 Å². The van der Waals surface area contributed by atoms with Crippen molar-refractivity contribution in [3.05, 3.63) is 0 Å². The Kier molecular flexibility index (Phi) is 69.6. The minimum Gasteiger partial charge on any atom is -0.412 e. The molecule has 0 heterocycles. The van der Waals surface area contributed by atoms with E-state index in [1.54, 1.807) is 0 Å². The van der Waals surface area contributed by atoms with Crippen LogP contribution in [0.4, 0.5) is 0 Å². The van der Waals surface area contributed by atoms with Crippen LogP contribution in [0.1, 0.15) is 0 Å². The molecule has 76 valence electrons. The van der Waals surface area contributed by atoms with E-state index in [-0.39, 0.29) is 75.8 Å². The summed E-state index contributed by atoms with van der Waals surface area (Å²) in [5, 5.41) is 0. The van der Waals surface area contributed by atoms with Gasteiger partial charge in [0.25, 0.3) is 0 Å². The Morgan fingerprint density at radius 2 is 0.900 bits per heavy atom. The van der Waals surface area contributed by atoms with Crippen molar-refractivity contribution in [2.24, 2.45) is 0 Å². The molecule has 6 nitrogen and oxygen atoms in total. The number of halogens is 1. The van der Waals surface area contributed by atoms with Gasteiger partial charge in [0.05, 0.1) is 0 Å². The van der Waals surface area contributed by atoms with E-state index < -0.39 is 10.4 Å². The quantitative estimate of drug-likeness (QED) is 0.246. The van der Waals surface area contributed by atoms with E-state index in [1.807, 2.05) is 0 Å². The van der Waals surface area contributed by atoms with Crippen molar-refractivity contribution in [3.8, 4) is 0 Å². The summed E-state index contributed by atoms with van der Waals surface area (Å²) in [7, 11) is -4.67. The zero-order valence-electron chi connectivity index (χ0n) is 4.16. The molecule has 0 aromatic rings. The van der Waals surface area contributed by atoms with Crippen LogP contribution in [0.25, 0.3) is 0 Å². The van der Waals surface area contributed by atoms with Crippen LogP contribution in [0.2, 0.25) is 0 Å². The summed E-state index contributed by atoms with van der Waals surface area (Å²) in [6.45, 7) is 0. The van der Waals surface area contributed by atoms with Crippen molar-refractivity contribution >= 4 is 34.4 Å². The molecule has 0 spiro atoms. The third-order valence-corrected chi connectivity index (χ3v) is 0. The smallest absolute Gasteiger partial charge is 0.394 e. The van der Waals surface area contributed by atoms with Crippen LogP contribution in [-0.2, 0) is 51.2 Å². The van der Waals surface area contributed by atoms with Gasteiger partial charge >= 0.3 is 10.4 Å². The molecule has 0 radical (unpaired) electrons. The fraction of sp³-hybridized carbons (Fsp3) is 0. The standard InChI is InChI=1S/HI.H2O4S.2H2O.2Pd/c;1-5(2,3)4;;;;/h1H;(H2,1,2,3,4);2*1H2;;. The average Bonchev–Trinajstić information content (AvgIpc) is 0.722. The minimum absolute atomic E-state index is 0. The molecule has 0 aromatic heterocycles. The zero-order valence-corrected chi connectivity index (χ0v) is 10.4. The Morgan fingerprint density at radius 1 is 0.900 bits per heavy atom. The summed E-state index contributed by atoms with van der Waals surface area (Å²) in [5.74, 6) is 0. The maximum atomic E-state index is 8.74. The van der Waals surface area contributed by atoms with Gasteiger partial charge in [0.15, 0.2) is 0 Å². The molecule has 0 fully saturated rings. The predicted molar refractivity (Wildman–Crippen MR) is 36.8 cm³/mol. The van der Waals surface area contributed by atoms with Gasteiger partial charge in [-0.25, -0.2) is 0 Å². The van der Waals surface area contributed by atoms with Crippen molar-refractivity contribution in [1.29, 1.82) is 0 Å². The first kappa shape index (κ1) is 40.8. The molecule has 0 bridgehead atoms. The average molecular weight is 475 g/mol. The molecule has 10 heavy (non-hydrogen) atoms. The summed E-state index contributed by atoms with van der Waals surface area (Å²) in [5.41, 5.74) is 0. The molecule has 10 heteroatoms. The third kappa shape index (κ3) is 226. The van der Waals surface area contributed by atoms with Gasteiger partial charge in [-0.1, -0.05) is 0 Å². The van der Waals surface area contributed by atoms with Gasteiger partial charge in [0.1, 0.15) is 0 Å². The summed E-state index contributed by atoms with van der Waals surface area (Å²) in [4.78, 5) is 0. The second-order valence-electron chi connectivity index (χ2n) is 0.448. The van der Waals surface area contributed by atoms with Crippen molar-refractivity contribution in [2.45, 2.75) is 0 Å². The van der Waals surface area contributed by atoms with E-state index in [0.29, 0.717) is 0 Å². The van der Waals surface area contributed by atoms with Gasteiger partial charge in [0, 0.05) is 40.8 Å². The minimum atomic E-state index is -4.67. The van der Waals surface area contributed by atoms with Crippen molar-refractivity contribution in [3.63, 3.8) is 0 Å². The van der Waals surface area contributed by atoms with Crippen molar-refractivity contribution in [1.82, 2.24) is 0 Å². The van der Waals surface area contributed by atoms with E-state index in [1.165, 1.54) is 0 Å². The number of hydrogen-bond donors (Lipinski definition) is 2. The molecule has 0 aromatic carbocycles. The van der Waals surface area contributed by atoms with Gasteiger partial charge in [-0.2, -0.15) is 8.42 Å². The van der Waals surface area contributed by atoms with E-state index in [2.05, 4.69) is 0 Å². The normalized spacial score (nSPS) is 5.80. The van der Waals surface area contributed by atoms with Crippen LogP contribution in [0.5, 0.6) is 0 Å². The molecule has 0 saturated carbocycles. The summed E-state index contributed by atoms with van der Waals surface area (Å²) in [6.07, 6.45) is 0. The van der Waals surface area contributed by atoms with Gasteiger partial charge in [0.2, 0.25) is 0 Å². The summed E-state index contributed by atoms with van der Waals surface area (Å²) >= 11 is 0. The van der Waals surface area contributed by atoms with Crippen LogP contribution in [0, 0.1) is 0 Å². The molecule has 0 atom stereocenters. The van der Waals surface area contributed by atoms with Crippen molar-refractivity contribution < 1.29 is 69.3 Å². The van der Waals surface area contributed by atoms with Crippen molar-refractivity contribution in [2.75, 3.05) is 0 Å². The molecule has 0 aliphatic rings. The van der Waals surface area contributed by atoms with Gasteiger partial charge in [-0.15, -0.1) is 24.0 Å². The van der Waals surface area contributed by atoms with E-state index in [4.69, 9.17) is 17.5 Å². The van der Waals surface area contributed by atoms with Gasteiger partial charge < -0.3 is 11.0 Å². The van der Waals surface area contributed by atoms with Crippen LogP contribution in [0.15, 0.2) is 0 Å². The first-order valence-electron chi connectivity index (χ1n) is 0.698. The maximum Gasteiger partial charge on any atom is 0.394 e. The fourth-order valence-electron chi connectivity index (χ4n) is 0. The largest absolute Gasteiger partial charge is 0.412 e. The molecule has 0 rings (SSSR count). The Balaban J connectivity index is -0.00000000800. The molecular weight excluding hydrogens is 468 g/mol. The number of rotatable bonds is 0. The second kappa shape index (κ2) is 17.1. The van der Waals surface area contributed by atoms with E-state index >= 15 is 0 Å². The monoisotopic (exact) mass is 474 g/mol. The first-order valence-corrected chi connectivity index (χ1v) is 2.10. The molecule has 6 N–H and O–H groups in total. The molecule has 0 aliphatic heterocycles. The fourth-order valence-corrected chi connectivity index (χ4v) is 0. The van der Waals surface area contributed by atoms with E-state index in [9.17, 15) is 0 Å². The summed E-state index contributed by atoms with van der Waals surface area (Å²) < 4.78 is 31.6. The maximum absolute atomic E-state index is 8.74. The molecule has 0 unspecified atom stereocenters. The third-order valence-electron chi connectivity index (χ3n) is 0. The SMILES string of the molecule is I.O.O.O=S(=O)(O)O.[Pd].[Pd].